The van der Waals surface area contributed by atoms with Crippen LogP contribution in [0.4, 0.5) is 0 Å². The fraction of sp³-hybridized carbons (Fsp3) is 0.250. The summed E-state index contributed by atoms with van der Waals surface area (Å²) in [6.45, 7) is 0. The summed E-state index contributed by atoms with van der Waals surface area (Å²) in [6, 6.07) is 20.5. The maximum absolute atomic E-state index is 12.6. The molecule has 200 valence electrons. The van der Waals surface area contributed by atoms with E-state index in [0.29, 0.717) is 23.3 Å². The van der Waals surface area contributed by atoms with Crippen molar-refractivity contribution in [3.05, 3.63) is 107 Å². The van der Waals surface area contributed by atoms with Crippen LogP contribution in [0, 0.1) is 5.92 Å². The SMILES string of the molecule is NC(N)=N[C@H]1Oc2ccc(cc2)CC[C@@H](S(=O)(=O)O)[C@H](C=C[C@@H](O)c2ccc(O)cc2)Cc2ccc1cc2. The molecule has 38 heavy (non-hydrogen) atoms. The third-order valence-electron chi connectivity index (χ3n) is 6.53. The van der Waals surface area contributed by atoms with Gasteiger partial charge in [0.25, 0.3) is 10.1 Å². The predicted octanol–water partition coefficient (Wildman–Crippen LogP) is 3.39. The van der Waals surface area contributed by atoms with Crippen molar-refractivity contribution in [2.75, 3.05) is 0 Å². The molecule has 3 aromatic rings. The first-order valence-electron chi connectivity index (χ1n) is 12.1. The number of nitrogens with two attached hydrogens (primary N) is 2. The van der Waals surface area contributed by atoms with E-state index in [0.717, 1.165) is 11.1 Å². The smallest absolute Gasteiger partial charge is 0.268 e. The Bertz CT molecular complexity index is 1380. The standard InChI is InChI=1S/C28H31N3O6S/c29-28(30)31-27-21-6-1-19(2-7-21)17-22(10-15-25(33)20-8-11-23(32)12-9-20)26(38(34,35)36)16-5-18-3-13-24(37-27)14-4-18/h1-4,6-15,22,25-27,32-33H,5,16-17H2,(H4,29,30,31)(H,34,35,36)/t22-,25-,26-,27+/m1/s1. The number of allylic oxidation sites excluding steroid dienone is 1. The Kier molecular flexibility index (Phi) is 8.35. The number of phenols is 1. The van der Waals surface area contributed by atoms with E-state index in [-0.39, 0.29) is 24.6 Å². The molecule has 4 aliphatic rings. The summed E-state index contributed by atoms with van der Waals surface area (Å²) < 4.78 is 41.4. The molecule has 0 unspecified atom stereocenters. The first kappa shape index (κ1) is 27.2. The number of rotatable bonds is 5. The molecule has 0 fully saturated rings. The summed E-state index contributed by atoms with van der Waals surface area (Å²) in [5.74, 6) is -0.154. The van der Waals surface area contributed by atoms with Crippen LogP contribution in [0.1, 0.15) is 41.0 Å². The van der Waals surface area contributed by atoms with E-state index >= 15 is 0 Å². The van der Waals surface area contributed by atoms with E-state index in [4.69, 9.17) is 16.2 Å². The number of aromatic hydroxyl groups is 1. The monoisotopic (exact) mass is 537 g/mol. The molecule has 4 bridgehead atoms. The Morgan fingerprint density at radius 1 is 0.974 bits per heavy atom. The summed E-state index contributed by atoms with van der Waals surface area (Å²) in [5.41, 5.74) is 14.2. The molecule has 7 rings (SSSR count). The second-order valence-corrected chi connectivity index (χ2v) is 10.9. The first-order chi connectivity index (χ1) is 18.1. The number of hydrogen-bond donors (Lipinski definition) is 5. The number of aryl methyl sites for hydroxylation is 1. The van der Waals surface area contributed by atoms with Crippen molar-refractivity contribution in [2.24, 2.45) is 22.4 Å². The van der Waals surface area contributed by atoms with E-state index < -0.39 is 33.6 Å². The Morgan fingerprint density at radius 3 is 2.21 bits per heavy atom. The lowest BCUT2D eigenvalue weighted by Gasteiger charge is -2.23. The molecular weight excluding hydrogens is 506 g/mol. The maximum Gasteiger partial charge on any atom is 0.268 e. The van der Waals surface area contributed by atoms with Crippen LogP contribution in [0.2, 0.25) is 0 Å². The summed E-state index contributed by atoms with van der Waals surface area (Å²) in [5, 5.41) is 19.1. The van der Waals surface area contributed by atoms with E-state index in [9.17, 15) is 23.2 Å². The van der Waals surface area contributed by atoms with Gasteiger partial charge in [0.15, 0.2) is 5.96 Å². The molecule has 0 aromatic heterocycles. The van der Waals surface area contributed by atoms with Crippen LogP contribution in [0.3, 0.4) is 0 Å². The molecule has 0 aliphatic carbocycles. The predicted molar refractivity (Wildman–Crippen MR) is 145 cm³/mol. The van der Waals surface area contributed by atoms with Gasteiger partial charge in [-0.15, -0.1) is 0 Å². The topological polar surface area (TPSA) is 168 Å². The Hall–Kier alpha value is -3.86. The van der Waals surface area contributed by atoms with Crippen LogP contribution in [-0.2, 0) is 23.0 Å². The third kappa shape index (κ3) is 7.12. The minimum absolute atomic E-state index is 0.0714. The van der Waals surface area contributed by atoms with Crippen molar-refractivity contribution in [3.8, 4) is 11.5 Å². The minimum Gasteiger partial charge on any atom is -0.508 e. The molecule has 0 radical (unpaired) electrons. The van der Waals surface area contributed by atoms with Crippen LogP contribution in [0.15, 0.2) is 89.9 Å². The fourth-order valence-electron chi connectivity index (χ4n) is 4.51. The van der Waals surface area contributed by atoms with Crippen LogP contribution in [0.25, 0.3) is 0 Å². The fourth-order valence-corrected chi connectivity index (χ4v) is 5.55. The molecule has 4 aliphatic heterocycles. The van der Waals surface area contributed by atoms with Crippen LogP contribution >= 0.6 is 0 Å². The van der Waals surface area contributed by atoms with Gasteiger partial charge >= 0.3 is 0 Å². The summed E-state index contributed by atoms with van der Waals surface area (Å²) >= 11 is 0. The summed E-state index contributed by atoms with van der Waals surface area (Å²) in [7, 11) is -4.43. The van der Waals surface area contributed by atoms with Gasteiger partial charge in [-0.25, -0.2) is 4.99 Å². The maximum atomic E-state index is 12.6. The summed E-state index contributed by atoms with van der Waals surface area (Å²) in [6.07, 6.45) is 2.19. The number of benzene rings is 3. The first-order valence-corrected chi connectivity index (χ1v) is 13.6. The Balaban J connectivity index is 1.73. The Labute approximate surface area is 221 Å². The molecule has 0 spiro atoms. The molecular formula is C28H31N3O6S. The number of aliphatic imine (C=N–C) groups is 1. The lowest BCUT2D eigenvalue weighted by atomic mass is 9.91. The quantitative estimate of drug-likeness (QED) is 0.143. The van der Waals surface area contributed by atoms with E-state index in [2.05, 4.69) is 4.99 Å². The van der Waals surface area contributed by atoms with Crippen LogP contribution in [0.5, 0.6) is 11.5 Å². The van der Waals surface area contributed by atoms with Gasteiger partial charge in [-0.3, -0.25) is 4.55 Å². The van der Waals surface area contributed by atoms with Crippen molar-refractivity contribution >= 4 is 16.1 Å². The number of ether oxygens (including phenoxy) is 1. The molecule has 4 atom stereocenters. The van der Waals surface area contributed by atoms with E-state index in [1.165, 1.54) is 18.2 Å². The number of aliphatic hydroxyl groups excluding tert-OH is 1. The molecule has 3 aromatic carbocycles. The summed E-state index contributed by atoms with van der Waals surface area (Å²) in [4.78, 5) is 4.20. The number of guanidine groups is 1. The highest BCUT2D eigenvalue weighted by molar-refractivity contribution is 7.86. The van der Waals surface area contributed by atoms with E-state index in [1.807, 2.05) is 24.3 Å². The number of aliphatic hydroxyl groups is 1. The average molecular weight is 538 g/mol. The molecule has 0 amide bonds. The highest BCUT2D eigenvalue weighted by Crippen LogP contribution is 2.29. The minimum atomic E-state index is -4.43. The van der Waals surface area contributed by atoms with Gasteiger partial charge in [0.1, 0.15) is 11.5 Å². The van der Waals surface area contributed by atoms with Gasteiger partial charge in [-0.1, -0.05) is 60.7 Å². The van der Waals surface area contributed by atoms with Gasteiger partial charge in [0.2, 0.25) is 6.23 Å². The van der Waals surface area contributed by atoms with Crippen molar-refractivity contribution in [2.45, 2.75) is 36.8 Å². The number of phenolic OH excluding ortho intramolecular Hbond substituents is 1. The van der Waals surface area contributed by atoms with Crippen molar-refractivity contribution < 1.29 is 27.9 Å². The second-order valence-electron chi connectivity index (χ2n) is 9.29. The highest BCUT2D eigenvalue weighted by Gasteiger charge is 2.31. The zero-order valence-corrected chi connectivity index (χ0v) is 21.4. The van der Waals surface area contributed by atoms with Gasteiger partial charge in [0, 0.05) is 11.5 Å². The van der Waals surface area contributed by atoms with Crippen LogP contribution in [-0.4, -0.2) is 34.4 Å². The highest BCUT2D eigenvalue weighted by atomic mass is 32.2. The molecule has 4 heterocycles. The number of hydrogen-bond acceptors (Lipinski definition) is 6. The van der Waals surface area contributed by atoms with Crippen LogP contribution < -0.4 is 16.2 Å². The Morgan fingerprint density at radius 2 is 1.61 bits per heavy atom. The van der Waals surface area contributed by atoms with Gasteiger partial charge in [-0.05, 0) is 60.2 Å². The second kappa shape index (κ2) is 11.7. The lowest BCUT2D eigenvalue weighted by Crippen LogP contribution is -2.30. The molecule has 0 saturated heterocycles. The lowest BCUT2D eigenvalue weighted by molar-refractivity contribution is 0.216. The molecule has 10 heteroatoms. The normalized spacial score (nSPS) is 20.8. The van der Waals surface area contributed by atoms with Crippen molar-refractivity contribution in [1.82, 2.24) is 0 Å². The van der Waals surface area contributed by atoms with E-state index in [1.54, 1.807) is 42.5 Å². The third-order valence-corrected chi connectivity index (χ3v) is 7.88. The number of nitrogens with zero attached hydrogens (tertiary/aromatic N) is 1. The van der Waals surface area contributed by atoms with Crippen molar-refractivity contribution in [3.63, 3.8) is 0 Å². The van der Waals surface area contributed by atoms with Crippen molar-refractivity contribution in [1.29, 1.82) is 0 Å². The van der Waals surface area contributed by atoms with Gasteiger partial charge < -0.3 is 26.4 Å². The molecule has 7 N–H and O–H groups in total. The molecule has 9 nitrogen and oxygen atoms in total. The zero-order chi connectivity index (χ0) is 27.3. The largest absolute Gasteiger partial charge is 0.508 e. The zero-order valence-electron chi connectivity index (χ0n) is 20.6. The van der Waals surface area contributed by atoms with Gasteiger partial charge in [-0.2, -0.15) is 8.42 Å². The average Bonchev–Trinajstić information content (AvgIpc) is 2.88. The van der Waals surface area contributed by atoms with Gasteiger partial charge in [0.05, 0.1) is 11.4 Å². The molecule has 0 saturated carbocycles.